The molecular weight excluding hydrogens is 128 g/mol. The first kappa shape index (κ1) is 7.35. The molecule has 1 rings (SSSR count). The van der Waals surface area contributed by atoms with E-state index < -0.39 is 0 Å². The highest BCUT2D eigenvalue weighted by molar-refractivity contribution is 5.07. The standard InChI is InChI=1S/C8H12O2/c9-6-3-5-8-4-1-2-7-10-8/h1-2,4,7-9H,3,5-6H2. The van der Waals surface area contributed by atoms with E-state index in [-0.39, 0.29) is 12.7 Å². The number of allylic oxidation sites excluding steroid dienone is 2. The Bertz CT molecular complexity index is 138. The van der Waals surface area contributed by atoms with Crippen molar-refractivity contribution in [2.45, 2.75) is 18.9 Å². The summed E-state index contributed by atoms with van der Waals surface area (Å²) in [7, 11) is 0. The van der Waals surface area contributed by atoms with Gasteiger partial charge in [0.05, 0.1) is 6.26 Å². The van der Waals surface area contributed by atoms with Gasteiger partial charge in [-0.1, -0.05) is 6.08 Å². The van der Waals surface area contributed by atoms with E-state index >= 15 is 0 Å². The summed E-state index contributed by atoms with van der Waals surface area (Å²) in [4.78, 5) is 0. The largest absolute Gasteiger partial charge is 0.494 e. The highest BCUT2D eigenvalue weighted by Gasteiger charge is 2.03. The number of hydrogen-bond donors (Lipinski definition) is 1. The Morgan fingerprint density at radius 3 is 2.90 bits per heavy atom. The maximum atomic E-state index is 8.50. The van der Waals surface area contributed by atoms with Gasteiger partial charge in [0.15, 0.2) is 0 Å². The minimum Gasteiger partial charge on any atom is -0.494 e. The van der Waals surface area contributed by atoms with Gasteiger partial charge in [0.25, 0.3) is 0 Å². The minimum atomic E-state index is 0.178. The van der Waals surface area contributed by atoms with Crippen molar-refractivity contribution in [1.82, 2.24) is 0 Å². The molecule has 1 N–H and O–H groups in total. The van der Waals surface area contributed by atoms with Gasteiger partial charge in [0.2, 0.25) is 0 Å². The van der Waals surface area contributed by atoms with Gasteiger partial charge in [-0.3, -0.25) is 0 Å². The van der Waals surface area contributed by atoms with E-state index in [4.69, 9.17) is 9.84 Å². The second-order valence-corrected chi connectivity index (χ2v) is 2.25. The van der Waals surface area contributed by atoms with Crippen LogP contribution in [0.4, 0.5) is 0 Å². The van der Waals surface area contributed by atoms with Gasteiger partial charge in [-0.05, 0) is 25.0 Å². The molecule has 0 saturated carbocycles. The molecule has 10 heavy (non-hydrogen) atoms. The van der Waals surface area contributed by atoms with Crippen LogP contribution >= 0.6 is 0 Å². The molecule has 1 aliphatic heterocycles. The van der Waals surface area contributed by atoms with E-state index in [1.54, 1.807) is 6.26 Å². The van der Waals surface area contributed by atoms with Crippen LogP contribution in [0.1, 0.15) is 12.8 Å². The predicted octanol–water partition coefficient (Wildman–Crippen LogP) is 1.23. The molecule has 1 heterocycles. The molecule has 0 radical (unpaired) electrons. The molecule has 2 heteroatoms. The summed E-state index contributed by atoms with van der Waals surface area (Å²) in [6, 6.07) is 0. The zero-order valence-electron chi connectivity index (χ0n) is 5.86. The van der Waals surface area contributed by atoms with E-state index in [1.165, 1.54) is 0 Å². The van der Waals surface area contributed by atoms with Gasteiger partial charge in [-0.2, -0.15) is 0 Å². The molecule has 0 amide bonds. The molecule has 1 aliphatic rings. The maximum absolute atomic E-state index is 8.50. The second-order valence-electron chi connectivity index (χ2n) is 2.25. The maximum Gasteiger partial charge on any atom is 0.116 e. The summed E-state index contributed by atoms with van der Waals surface area (Å²) in [6.07, 6.45) is 9.39. The quantitative estimate of drug-likeness (QED) is 0.638. The first-order valence-corrected chi connectivity index (χ1v) is 3.53. The molecule has 0 aliphatic carbocycles. The number of aliphatic hydroxyl groups is 1. The molecule has 0 aromatic rings. The van der Waals surface area contributed by atoms with Crippen molar-refractivity contribution < 1.29 is 9.84 Å². The Labute approximate surface area is 60.8 Å². The lowest BCUT2D eigenvalue weighted by atomic mass is 10.2. The average molecular weight is 140 g/mol. The molecule has 2 nitrogen and oxygen atoms in total. The Morgan fingerprint density at radius 1 is 1.40 bits per heavy atom. The zero-order chi connectivity index (χ0) is 7.23. The molecule has 0 fully saturated rings. The molecule has 56 valence electrons. The lowest BCUT2D eigenvalue weighted by Crippen LogP contribution is -2.08. The molecule has 1 unspecified atom stereocenters. The van der Waals surface area contributed by atoms with Crippen LogP contribution in [0.15, 0.2) is 24.5 Å². The number of rotatable bonds is 3. The fourth-order valence-electron chi connectivity index (χ4n) is 0.882. The topological polar surface area (TPSA) is 29.5 Å². The molecule has 0 bridgehead atoms. The first-order valence-electron chi connectivity index (χ1n) is 3.53. The monoisotopic (exact) mass is 140 g/mol. The Balaban J connectivity index is 2.17. The van der Waals surface area contributed by atoms with Crippen molar-refractivity contribution in [2.75, 3.05) is 6.61 Å². The number of aliphatic hydroxyl groups excluding tert-OH is 1. The SMILES string of the molecule is OCCCC1C=CC=CO1. The molecule has 1 atom stereocenters. The fraction of sp³-hybridized carbons (Fsp3) is 0.500. The zero-order valence-corrected chi connectivity index (χ0v) is 5.86. The van der Waals surface area contributed by atoms with Gasteiger partial charge in [0.1, 0.15) is 6.10 Å². The third kappa shape index (κ3) is 2.23. The highest BCUT2D eigenvalue weighted by atomic mass is 16.5. The fourth-order valence-corrected chi connectivity index (χ4v) is 0.882. The summed E-state index contributed by atoms with van der Waals surface area (Å²) < 4.78 is 5.20. The van der Waals surface area contributed by atoms with Crippen LogP contribution in [-0.2, 0) is 4.74 Å². The minimum absolute atomic E-state index is 0.178. The smallest absolute Gasteiger partial charge is 0.116 e. The summed E-state index contributed by atoms with van der Waals surface area (Å²) >= 11 is 0. The van der Waals surface area contributed by atoms with E-state index in [9.17, 15) is 0 Å². The Hall–Kier alpha value is -0.760. The van der Waals surface area contributed by atoms with Gasteiger partial charge in [0, 0.05) is 6.61 Å². The summed E-state index contributed by atoms with van der Waals surface area (Å²) in [5, 5.41) is 8.50. The molecule has 0 spiro atoms. The van der Waals surface area contributed by atoms with E-state index in [0.29, 0.717) is 0 Å². The second kappa shape index (κ2) is 4.12. The lowest BCUT2D eigenvalue weighted by Gasteiger charge is -2.13. The van der Waals surface area contributed by atoms with Crippen LogP contribution in [0.5, 0.6) is 0 Å². The first-order chi connectivity index (χ1) is 4.93. The van der Waals surface area contributed by atoms with Crippen molar-refractivity contribution in [3.63, 3.8) is 0 Å². The van der Waals surface area contributed by atoms with Gasteiger partial charge < -0.3 is 9.84 Å². The summed E-state index contributed by atoms with van der Waals surface area (Å²) in [5.74, 6) is 0. The molecule has 0 aromatic carbocycles. The third-order valence-electron chi connectivity index (χ3n) is 1.42. The van der Waals surface area contributed by atoms with Crippen LogP contribution in [0.2, 0.25) is 0 Å². The van der Waals surface area contributed by atoms with Crippen molar-refractivity contribution in [2.24, 2.45) is 0 Å². The number of hydrogen-bond acceptors (Lipinski definition) is 2. The van der Waals surface area contributed by atoms with Crippen LogP contribution in [0.3, 0.4) is 0 Å². The van der Waals surface area contributed by atoms with Crippen LogP contribution < -0.4 is 0 Å². The number of ether oxygens (including phenoxy) is 1. The van der Waals surface area contributed by atoms with Crippen molar-refractivity contribution in [1.29, 1.82) is 0 Å². The predicted molar refractivity (Wildman–Crippen MR) is 39.5 cm³/mol. The van der Waals surface area contributed by atoms with E-state index in [0.717, 1.165) is 12.8 Å². The molecule has 0 aromatic heterocycles. The highest BCUT2D eigenvalue weighted by Crippen LogP contribution is 2.07. The summed E-state index contributed by atoms with van der Waals surface area (Å²) in [6.45, 7) is 0.247. The van der Waals surface area contributed by atoms with Crippen molar-refractivity contribution >= 4 is 0 Å². The van der Waals surface area contributed by atoms with E-state index in [1.807, 2.05) is 18.2 Å². The summed E-state index contributed by atoms with van der Waals surface area (Å²) in [5.41, 5.74) is 0. The molecule has 0 saturated heterocycles. The Morgan fingerprint density at radius 2 is 2.30 bits per heavy atom. The molecular formula is C8H12O2. The average Bonchev–Trinajstić information content (AvgIpc) is 2.03. The third-order valence-corrected chi connectivity index (χ3v) is 1.42. The lowest BCUT2D eigenvalue weighted by molar-refractivity contribution is 0.160. The van der Waals surface area contributed by atoms with Crippen molar-refractivity contribution in [3.05, 3.63) is 24.5 Å². The Kier molecular flexibility index (Phi) is 3.03. The van der Waals surface area contributed by atoms with Crippen LogP contribution in [-0.4, -0.2) is 17.8 Å². The van der Waals surface area contributed by atoms with Gasteiger partial charge in [-0.25, -0.2) is 0 Å². The van der Waals surface area contributed by atoms with E-state index in [2.05, 4.69) is 0 Å². The van der Waals surface area contributed by atoms with Gasteiger partial charge >= 0.3 is 0 Å². The normalized spacial score (nSPS) is 22.7. The van der Waals surface area contributed by atoms with Crippen LogP contribution in [0, 0.1) is 0 Å². The van der Waals surface area contributed by atoms with Crippen LogP contribution in [0.25, 0.3) is 0 Å². The van der Waals surface area contributed by atoms with Gasteiger partial charge in [-0.15, -0.1) is 0 Å². The van der Waals surface area contributed by atoms with Crippen molar-refractivity contribution in [3.8, 4) is 0 Å².